The molecule has 2 fully saturated rings. The number of hydrogen-bond donors (Lipinski definition) is 3. The van der Waals surface area contributed by atoms with Gasteiger partial charge in [0.05, 0.1) is 22.3 Å². The van der Waals surface area contributed by atoms with Crippen molar-refractivity contribution >= 4 is 45.0 Å². The number of carbonyl (C=O) groups excluding carboxylic acids is 3. The number of amides is 3. The van der Waals surface area contributed by atoms with Gasteiger partial charge >= 0.3 is 6.09 Å². The molecule has 42 heavy (non-hydrogen) atoms. The molecule has 3 amide bonds. The molecule has 0 spiro atoms. The summed E-state index contributed by atoms with van der Waals surface area (Å²) in [4.78, 5) is 37.2. The van der Waals surface area contributed by atoms with E-state index in [0.29, 0.717) is 37.8 Å². The van der Waals surface area contributed by atoms with Gasteiger partial charge in [0.15, 0.2) is 27.3 Å². The Hall–Kier alpha value is -3.32. The van der Waals surface area contributed by atoms with Crippen LogP contribution in [-0.4, -0.2) is 50.8 Å². The fourth-order valence-corrected chi connectivity index (χ4v) is 8.82. The summed E-state index contributed by atoms with van der Waals surface area (Å²) in [5.41, 5.74) is -0.482. The Morgan fingerprint density at radius 2 is 1.60 bits per heavy atom. The number of alkyl carbamates (subject to hydrolysis) is 1. The number of methoxy groups -OCH3 is 1. The smallest absolute Gasteiger partial charge is 0.407 e. The molecule has 0 saturated heterocycles. The molecule has 9 nitrogen and oxygen atoms in total. The van der Waals surface area contributed by atoms with Crippen LogP contribution in [0.4, 0.5) is 23.7 Å². The van der Waals surface area contributed by atoms with Crippen LogP contribution in [0, 0.1) is 35.2 Å². The number of hydrogen-bond acceptors (Lipinski definition) is 6. The third-order valence-electron chi connectivity index (χ3n) is 7.87. The van der Waals surface area contributed by atoms with Crippen molar-refractivity contribution in [3.63, 3.8) is 0 Å². The molecule has 228 valence electrons. The molecule has 2 bridgehead atoms. The second kappa shape index (κ2) is 12.5. The zero-order chi connectivity index (χ0) is 30.9. The topological polar surface area (TPSA) is 131 Å². The highest BCUT2D eigenvalue weighted by molar-refractivity contribution is 7.92. The predicted molar refractivity (Wildman–Crippen MR) is 148 cm³/mol. The average molecular weight is 630 g/mol. The second-order valence-electron chi connectivity index (χ2n) is 11.0. The molecule has 2 aliphatic carbocycles. The molecule has 5 atom stereocenters. The third-order valence-corrected chi connectivity index (χ3v) is 10.7. The lowest BCUT2D eigenvalue weighted by atomic mass is 9.84. The number of rotatable bonds is 8. The van der Waals surface area contributed by atoms with Crippen LogP contribution in [0.15, 0.2) is 35.2 Å². The summed E-state index contributed by atoms with van der Waals surface area (Å²) in [6.45, 7) is 3.56. The maximum atomic E-state index is 13.9. The zero-order valence-corrected chi connectivity index (χ0v) is 24.6. The molecule has 2 saturated carbocycles. The van der Waals surface area contributed by atoms with E-state index in [4.69, 9.17) is 11.6 Å². The van der Waals surface area contributed by atoms with Crippen LogP contribution in [0.3, 0.4) is 0 Å². The van der Waals surface area contributed by atoms with Gasteiger partial charge in [0.25, 0.3) is 5.91 Å². The van der Waals surface area contributed by atoms with Gasteiger partial charge < -0.3 is 20.7 Å². The average Bonchev–Trinajstić information content (AvgIpc) is 3.21. The quantitative estimate of drug-likeness (QED) is 0.359. The molecule has 0 heterocycles. The standard InChI is InChI=1S/C28H31ClF3N3O6S/c1-13(2)24(35-28(38)41-3)27(37)34-17-8-14-4-5-15(9-17)25(14)42(39,40)22-10-16(6-7-19(22)29)26(36)33-18-11-20(30)23(32)21(31)12-18/h6-7,10-15,17,24-25H,4-5,8-9H2,1-3H3,(H,33,36)(H,34,37)(H,35,38)/t14-,15?,17?,24?,25?/m1/s1. The van der Waals surface area contributed by atoms with Crippen molar-refractivity contribution in [3.8, 4) is 0 Å². The van der Waals surface area contributed by atoms with Gasteiger partial charge in [-0.15, -0.1) is 0 Å². The Balaban J connectivity index is 1.50. The molecule has 2 aromatic carbocycles. The minimum Gasteiger partial charge on any atom is -0.453 e. The number of nitrogens with one attached hydrogen (secondary N) is 3. The van der Waals surface area contributed by atoms with Gasteiger partial charge in [0, 0.05) is 29.4 Å². The second-order valence-corrected chi connectivity index (χ2v) is 13.5. The van der Waals surface area contributed by atoms with E-state index in [1.165, 1.54) is 19.2 Å². The summed E-state index contributed by atoms with van der Waals surface area (Å²) >= 11 is 6.30. The van der Waals surface area contributed by atoms with Gasteiger partial charge in [0.2, 0.25) is 5.91 Å². The molecule has 0 aromatic heterocycles. The predicted octanol–water partition coefficient (Wildman–Crippen LogP) is 4.84. The summed E-state index contributed by atoms with van der Waals surface area (Å²) in [5.74, 6) is -6.72. The Kier molecular flexibility index (Phi) is 9.41. The van der Waals surface area contributed by atoms with Crippen molar-refractivity contribution in [2.45, 2.75) is 61.8 Å². The molecular weight excluding hydrogens is 599 g/mol. The van der Waals surface area contributed by atoms with E-state index in [1.807, 2.05) is 0 Å². The van der Waals surface area contributed by atoms with Crippen molar-refractivity contribution in [2.24, 2.45) is 17.8 Å². The number of anilines is 1. The molecule has 4 unspecified atom stereocenters. The first-order chi connectivity index (χ1) is 19.7. The summed E-state index contributed by atoms with van der Waals surface area (Å²) in [6, 6.07) is 3.72. The van der Waals surface area contributed by atoms with E-state index < -0.39 is 50.6 Å². The minimum absolute atomic E-state index is 0.0890. The van der Waals surface area contributed by atoms with E-state index in [1.54, 1.807) is 13.8 Å². The lowest BCUT2D eigenvalue weighted by Gasteiger charge is -2.36. The maximum Gasteiger partial charge on any atom is 0.407 e. The molecule has 2 aliphatic rings. The molecule has 0 aliphatic heterocycles. The van der Waals surface area contributed by atoms with Crippen molar-refractivity contribution in [2.75, 3.05) is 12.4 Å². The van der Waals surface area contributed by atoms with E-state index >= 15 is 0 Å². The summed E-state index contributed by atoms with van der Waals surface area (Å²) in [6.07, 6.45) is 1.30. The summed E-state index contributed by atoms with van der Waals surface area (Å²) in [5, 5.41) is 6.82. The van der Waals surface area contributed by atoms with E-state index in [0.717, 1.165) is 6.07 Å². The number of fused-ring (bicyclic) bond motifs is 2. The third kappa shape index (κ3) is 6.51. The van der Waals surface area contributed by atoms with Gasteiger partial charge in [-0.25, -0.2) is 26.4 Å². The van der Waals surface area contributed by atoms with E-state index in [9.17, 15) is 36.0 Å². The molecule has 14 heteroatoms. The lowest BCUT2D eigenvalue weighted by Crippen LogP contribution is -2.54. The van der Waals surface area contributed by atoms with Gasteiger partial charge in [0.1, 0.15) is 6.04 Å². The van der Waals surface area contributed by atoms with Crippen molar-refractivity contribution in [1.29, 1.82) is 0 Å². The number of benzene rings is 2. The normalized spacial score (nSPS) is 22.4. The highest BCUT2D eigenvalue weighted by Gasteiger charge is 2.50. The number of halogens is 4. The van der Waals surface area contributed by atoms with Crippen LogP contribution in [0.5, 0.6) is 0 Å². The largest absolute Gasteiger partial charge is 0.453 e. The van der Waals surface area contributed by atoms with Gasteiger partial charge in [-0.2, -0.15) is 0 Å². The SMILES string of the molecule is COC(=O)NC(C(=O)NC1CC2CC[C@H](C1)C2S(=O)(=O)c1cc(C(=O)Nc2cc(F)c(F)c(F)c2)ccc1Cl)C(C)C. The van der Waals surface area contributed by atoms with Crippen molar-refractivity contribution in [3.05, 3.63) is 58.4 Å². The highest BCUT2D eigenvalue weighted by atomic mass is 35.5. The van der Waals surface area contributed by atoms with Crippen LogP contribution in [0.2, 0.25) is 5.02 Å². The van der Waals surface area contributed by atoms with Gasteiger partial charge in [-0.3, -0.25) is 9.59 Å². The van der Waals surface area contributed by atoms with E-state index in [2.05, 4.69) is 20.7 Å². The van der Waals surface area contributed by atoms with Crippen LogP contribution < -0.4 is 16.0 Å². The maximum absolute atomic E-state index is 13.9. The van der Waals surface area contributed by atoms with Gasteiger partial charge in [-0.05, 0) is 61.6 Å². The molecule has 0 radical (unpaired) electrons. The van der Waals surface area contributed by atoms with Gasteiger partial charge in [-0.1, -0.05) is 25.4 Å². The minimum atomic E-state index is -4.05. The van der Waals surface area contributed by atoms with Crippen LogP contribution in [0.1, 0.15) is 49.9 Å². The monoisotopic (exact) mass is 629 g/mol. The lowest BCUT2D eigenvalue weighted by molar-refractivity contribution is -0.125. The highest BCUT2D eigenvalue weighted by Crippen LogP contribution is 2.48. The Labute approximate surface area is 246 Å². The first kappa shape index (κ1) is 31.6. The first-order valence-corrected chi connectivity index (χ1v) is 15.3. The summed E-state index contributed by atoms with van der Waals surface area (Å²) < 4.78 is 72.9. The van der Waals surface area contributed by atoms with Crippen molar-refractivity contribution < 1.29 is 40.7 Å². The van der Waals surface area contributed by atoms with Crippen LogP contribution in [0.25, 0.3) is 0 Å². The Bertz CT molecular complexity index is 1470. The van der Waals surface area contributed by atoms with Crippen LogP contribution in [-0.2, 0) is 19.4 Å². The summed E-state index contributed by atoms with van der Waals surface area (Å²) in [7, 11) is -2.84. The zero-order valence-electron chi connectivity index (χ0n) is 23.0. The number of ether oxygens (including phenoxy) is 1. The molecule has 4 rings (SSSR count). The fraction of sp³-hybridized carbons (Fsp3) is 0.464. The Morgan fingerprint density at radius 3 is 2.14 bits per heavy atom. The molecular formula is C28H31ClF3N3O6S. The number of sulfone groups is 1. The fourth-order valence-electron chi connectivity index (χ4n) is 5.95. The van der Waals surface area contributed by atoms with E-state index in [-0.39, 0.29) is 50.9 Å². The molecule has 2 aromatic rings. The first-order valence-electron chi connectivity index (χ1n) is 13.4. The van der Waals surface area contributed by atoms with Crippen LogP contribution >= 0.6 is 11.6 Å². The molecule has 3 N–H and O–H groups in total. The Morgan fingerprint density at radius 1 is 1.00 bits per heavy atom. The van der Waals surface area contributed by atoms with Crippen molar-refractivity contribution in [1.82, 2.24) is 10.6 Å². The number of carbonyl (C=O) groups is 3.